The average Bonchev–Trinajstić information content (AvgIpc) is 1.87. The third-order valence-corrected chi connectivity index (χ3v) is 0.799. The molecule has 0 radical (unpaired) electrons. The maximum atomic E-state index is 10.1. The van der Waals surface area contributed by atoms with E-state index < -0.39 is 4.92 Å². The van der Waals surface area contributed by atoms with Gasteiger partial charge in [-0.1, -0.05) is 6.58 Å². The van der Waals surface area contributed by atoms with Crippen LogP contribution in [-0.2, 0) is 0 Å². The Morgan fingerprint density at radius 1 is 1.82 bits per heavy atom. The Morgan fingerprint density at radius 3 is 2.64 bits per heavy atom. The number of aliphatic imine (C=N–C) groups is 1. The van der Waals surface area contributed by atoms with E-state index in [4.69, 9.17) is 5.73 Å². The highest BCUT2D eigenvalue weighted by molar-refractivity contribution is 5.75. The molecule has 5 nitrogen and oxygen atoms in total. The first-order chi connectivity index (χ1) is 5.07. The minimum absolute atomic E-state index is 0.243. The van der Waals surface area contributed by atoms with Crippen LogP contribution in [0.2, 0.25) is 0 Å². The van der Waals surface area contributed by atoms with Crippen molar-refractivity contribution in [1.82, 2.24) is 0 Å². The molecule has 0 heterocycles. The molecule has 0 aromatic carbocycles. The first-order valence-corrected chi connectivity index (χ1v) is 2.83. The van der Waals surface area contributed by atoms with Gasteiger partial charge in [0.1, 0.15) is 6.21 Å². The van der Waals surface area contributed by atoms with Gasteiger partial charge in [0.15, 0.2) is 0 Å². The number of nitrogens with two attached hydrogens (primary N) is 1. The Kier molecular flexibility index (Phi) is 3.58. The van der Waals surface area contributed by atoms with Gasteiger partial charge in [-0.25, -0.2) is 0 Å². The van der Waals surface area contributed by atoms with Gasteiger partial charge in [-0.3, -0.25) is 15.1 Å². The monoisotopic (exact) mass is 155 g/mol. The lowest BCUT2D eigenvalue weighted by Crippen LogP contribution is -2.02. The molecule has 0 aromatic heterocycles. The molecule has 0 aliphatic heterocycles. The van der Waals surface area contributed by atoms with Gasteiger partial charge in [-0.2, -0.15) is 0 Å². The zero-order chi connectivity index (χ0) is 8.85. The van der Waals surface area contributed by atoms with Crippen LogP contribution in [0.15, 0.2) is 29.2 Å². The molecule has 0 aliphatic rings. The van der Waals surface area contributed by atoms with E-state index in [2.05, 4.69) is 11.6 Å². The molecule has 0 aromatic rings. The van der Waals surface area contributed by atoms with Crippen molar-refractivity contribution >= 4 is 6.21 Å². The highest BCUT2D eigenvalue weighted by Crippen LogP contribution is 1.92. The summed E-state index contributed by atoms with van der Waals surface area (Å²) in [5.41, 5.74) is 5.18. The van der Waals surface area contributed by atoms with Crippen LogP contribution in [-0.4, -0.2) is 11.1 Å². The van der Waals surface area contributed by atoms with Gasteiger partial charge in [0.05, 0.1) is 11.1 Å². The van der Waals surface area contributed by atoms with Gasteiger partial charge in [0.2, 0.25) is 0 Å². The maximum Gasteiger partial charge on any atom is 0.302 e. The number of hydrogen-bond acceptors (Lipinski definition) is 4. The number of nitrogens with zero attached hydrogens (tertiary/aromatic N) is 2. The van der Waals surface area contributed by atoms with E-state index in [0.29, 0.717) is 5.70 Å². The largest absolute Gasteiger partial charge is 0.399 e. The minimum Gasteiger partial charge on any atom is -0.399 e. The lowest BCUT2D eigenvalue weighted by molar-refractivity contribution is -0.414. The average molecular weight is 155 g/mol. The fourth-order valence-corrected chi connectivity index (χ4v) is 0.327. The van der Waals surface area contributed by atoms with E-state index in [0.717, 1.165) is 12.4 Å². The van der Waals surface area contributed by atoms with Crippen LogP contribution in [0.25, 0.3) is 0 Å². The molecule has 60 valence electrons. The van der Waals surface area contributed by atoms with E-state index in [1.165, 1.54) is 0 Å². The lowest BCUT2D eigenvalue weighted by Gasteiger charge is -1.87. The Hall–Kier alpha value is -1.65. The lowest BCUT2D eigenvalue weighted by atomic mass is 10.5. The van der Waals surface area contributed by atoms with Gasteiger partial charge in [-0.05, 0) is 6.92 Å². The number of rotatable bonds is 3. The second-order valence-corrected chi connectivity index (χ2v) is 1.84. The first kappa shape index (κ1) is 9.35. The number of nitro groups is 1. The summed E-state index contributed by atoms with van der Waals surface area (Å²) in [6, 6.07) is 0. The molecule has 0 fully saturated rings. The Morgan fingerprint density at radius 2 is 2.36 bits per heavy atom. The molecule has 0 amide bonds. The van der Waals surface area contributed by atoms with Gasteiger partial charge in [0, 0.05) is 5.70 Å². The number of hydrogen-bond donors (Lipinski definition) is 1. The molecule has 0 spiro atoms. The second-order valence-electron chi connectivity index (χ2n) is 1.84. The maximum absolute atomic E-state index is 10.1. The third kappa shape index (κ3) is 3.85. The normalized spacial score (nSPS) is 11.9. The van der Waals surface area contributed by atoms with Crippen molar-refractivity contribution in [1.29, 1.82) is 0 Å². The molecule has 2 N–H and O–H groups in total. The summed E-state index contributed by atoms with van der Waals surface area (Å²) in [7, 11) is 0. The van der Waals surface area contributed by atoms with Crippen molar-refractivity contribution in [2.45, 2.75) is 6.92 Å². The first-order valence-electron chi connectivity index (χ1n) is 2.83. The predicted molar refractivity (Wildman–Crippen MR) is 42.6 cm³/mol. The van der Waals surface area contributed by atoms with Gasteiger partial charge in [-0.15, -0.1) is 0 Å². The zero-order valence-corrected chi connectivity index (χ0v) is 6.15. The molecule has 5 heteroatoms. The van der Waals surface area contributed by atoms with E-state index in [9.17, 15) is 10.1 Å². The highest BCUT2D eigenvalue weighted by Gasteiger charge is 2.03. The third-order valence-electron chi connectivity index (χ3n) is 0.799. The van der Waals surface area contributed by atoms with Gasteiger partial charge in [0.25, 0.3) is 0 Å². The summed E-state index contributed by atoms with van der Waals surface area (Å²) >= 11 is 0. The van der Waals surface area contributed by atoms with Crippen LogP contribution in [0.5, 0.6) is 0 Å². The molecule has 0 bridgehead atoms. The van der Waals surface area contributed by atoms with Crippen LogP contribution in [0.3, 0.4) is 0 Å². The SMILES string of the molecule is C=C(C)N=CC(=CN)[N+](=O)[O-]. The van der Waals surface area contributed by atoms with Crippen LogP contribution < -0.4 is 5.73 Å². The molecule has 0 unspecified atom stereocenters. The van der Waals surface area contributed by atoms with E-state index in [1.807, 2.05) is 0 Å². The summed E-state index contributed by atoms with van der Waals surface area (Å²) in [6.45, 7) is 5.06. The van der Waals surface area contributed by atoms with Crippen molar-refractivity contribution in [3.8, 4) is 0 Å². The van der Waals surface area contributed by atoms with Crippen LogP contribution >= 0.6 is 0 Å². The van der Waals surface area contributed by atoms with Crippen molar-refractivity contribution < 1.29 is 4.92 Å². The highest BCUT2D eigenvalue weighted by atomic mass is 16.6. The molecule has 0 saturated carbocycles. The van der Waals surface area contributed by atoms with E-state index in [1.54, 1.807) is 6.92 Å². The van der Waals surface area contributed by atoms with E-state index >= 15 is 0 Å². The smallest absolute Gasteiger partial charge is 0.302 e. The van der Waals surface area contributed by atoms with E-state index in [-0.39, 0.29) is 5.70 Å². The summed E-state index contributed by atoms with van der Waals surface area (Å²) in [5.74, 6) is 0. The van der Waals surface area contributed by atoms with Crippen LogP contribution in [0.4, 0.5) is 0 Å². The fourth-order valence-electron chi connectivity index (χ4n) is 0.327. The summed E-state index contributed by atoms with van der Waals surface area (Å²) in [4.78, 5) is 13.1. The number of allylic oxidation sites excluding steroid dienone is 2. The molecular formula is C6H9N3O2. The van der Waals surface area contributed by atoms with Crippen LogP contribution in [0, 0.1) is 10.1 Å². The Labute approximate surface area is 64.1 Å². The van der Waals surface area contributed by atoms with Crippen LogP contribution in [0.1, 0.15) is 6.92 Å². The molecular weight excluding hydrogens is 146 g/mol. The molecule has 11 heavy (non-hydrogen) atoms. The van der Waals surface area contributed by atoms with Gasteiger partial charge < -0.3 is 5.73 Å². The second kappa shape index (κ2) is 4.21. The molecule has 0 aliphatic carbocycles. The molecule has 0 atom stereocenters. The standard InChI is InChI=1S/C6H9N3O2/c1-5(2)8-4-6(3-7)9(10)11/h3-4H,1,7H2,2H3. The predicted octanol–water partition coefficient (Wildman–Crippen LogP) is 0.668. The van der Waals surface area contributed by atoms with Crippen molar-refractivity contribution in [2.75, 3.05) is 0 Å². The quantitative estimate of drug-likeness (QED) is 0.369. The summed E-state index contributed by atoms with van der Waals surface area (Å²) in [6.07, 6.45) is 1.94. The zero-order valence-electron chi connectivity index (χ0n) is 6.15. The fraction of sp³-hybridized carbons (Fsp3) is 0.167. The minimum atomic E-state index is -0.619. The summed E-state index contributed by atoms with van der Waals surface area (Å²) in [5, 5.41) is 10.1. The summed E-state index contributed by atoms with van der Waals surface area (Å²) < 4.78 is 0. The molecule has 0 saturated heterocycles. The topological polar surface area (TPSA) is 81.5 Å². The molecule has 0 rings (SSSR count). The van der Waals surface area contributed by atoms with Crippen molar-refractivity contribution in [3.63, 3.8) is 0 Å². The van der Waals surface area contributed by atoms with Crippen molar-refractivity contribution in [3.05, 3.63) is 34.3 Å². The van der Waals surface area contributed by atoms with Gasteiger partial charge >= 0.3 is 5.70 Å². The van der Waals surface area contributed by atoms with Crippen molar-refractivity contribution in [2.24, 2.45) is 10.7 Å². The Bertz CT molecular complexity index is 230. The Balaban J connectivity index is 4.34.